The summed E-state index contributed by atoms with van der Waals surface area (Å²) in [5.41, 5.74) is 0.772. The lowest BCUT2D eigenvalue weighted by molar-refractivity contribution is -0.117. The van der Waals surface area contributed by atoms with Crippen molar-refractivity contribution in [2.75, 3.05) is 13.2 Å². The Bertz CT molecular complexity index is 507. The van der Waals surface area contributed by atoms with Crippen LogP contribution in [0.2, 0.25) is 5.02 Å². The summed E-state index contributed by atoms with van der Waals surface area (Å²) in [6.07, 6.45) is 1.52. The van der Waals surface area contributed by atoms with Crippen LogP contribution < -0.4 is 5.32 Å². The minimum atomic E-state index is -0.352. The smallest absolute Gasteiger partial charge is 0.296 e. The van der Waals surface area contributed by atoms with Crippen LogP contribution in [0.4, 0.5) is 0 Å². The minimum Gasteiger partial charge on any atom is -0.379 e. The van der Waals surface area contributed by atoms with Gasteiger partial charge in [0.15, 0.2) is 0 Å². The van der Waals surface area contributed by atoms with Gasteiger partial charge < -0.3 is 10.1 Å². The van der Waals surface area contributed by atoms with E-state index >= 15 is 0 Å². The molecule has 1 amide bonds. The molecule has 0 aliphatic carbocycles. The third kappa shape index (κ3) is 3.73. The van der Waals surface area contributed by atoms with E-state index in [4.69, 9.17) is 16.3 Å². The zero-order valence-electron chi connectivity index (χ0n) is 10.8. The predicted molar refractivity (Wildman–Crippen MR) is 74.9 cm³/mol. The quantitative estimate of drug-likeness (QED) is 0.860. The van der Waals surface area contributed by atoms with Gasteiger partial charge in [-0.2, -0.15) is 0 Å². The van der Waals surface area contributed by atoms with Crippen LogP contribution in [-0.2, 0) is 16.0 Å². The Hall–Kier alpha value is -1.50. The summed E-state index contributed by atoms with van der Waals surface area (Å²) in [5.74, 6) is 4.88. The van der Waals surface area contributed by atoms with Crippen LogP contribution in [0.15, 0.2) is 24.3 Å². The average molecular weight is 278 g/mol. The fourth-order valence-corrected chi connectivity index (χ4v) is 2.39. The topological polar surface area (TPSA) is 38.3 Å². The molecule has 0 saturated carbocycles. The number of rotatable bonds is 3. The van der Waals surface area contributed by atoms with Gasteiger partial charge in [-0.25, -0.2) is 0 Å². The highest BCUT2D eigenvalue weighted by Crippen LogP contribution is 2.24. The van der Waals surface area contributed by atoms with E-state index in [1.54, 1.807) is 6.92 Å². The first-order valence-corrected chi connectivity index (χ1v) is 6.58. The van der Waals surface area contributed by atoms with Crippen LogP contribution in [0, 0.1) is 11.8 Å². The van der Waals surface area contributed by atoms with Crippen molar-refractivity contribution >= 4 is 17.5 Å². The van der Waals surface area contributed by atoms with E-state index in [0.717, 1.165) is 18.4 Å². The molecule has 1 saturated heterocycles. The van der Waals surface area contributed by atoms with Crippen molar-refractivity contribution in [2.45, 2.75) is 25.3 Å². The Morgan fingerprint density at radius 2 is 2.21 bits per heavy atom. The van der Waals surface area contributed by atoms with Gasteiger partial charge in [0.1, 0.15) is 0 Å². The zero-order chi connectivity index (χ0) is 13.7. The number of amides is 1. The number of hydrogen-bond acceptors (Lipinski definition) is 2. The lowest BCUT2D eigenvalue weighted by Gasteiger charge is -2.28. The molecule has 0 bridgehead atoms. The maximum absolute atomic E-state index is 11.7. The third-order valence-corrected chi connectivity index (χ3v) is 3.43. The molecular formula is C15H16ClNO2. The number of nitrogens with one attached hydrogen (secondary N) is 1. The molecule has 4 heteroatoms. The van der Waals surface area contributed by atoms with E-state index < -0.39 is 0 Å². The fourth-order valence-electron chi connectivity index (χ4n) is 2.27. The maximum Gasteiger partial charge on any atom is 0.296 e. The van der Waals surface area contributed by atoms with Crippen LogP contribution in [0.3, 0.4) is 0 Å². The number of halogens is 1. The van der Waals surface area contributed by atoms with Crippen molar-refractivity contribution in [3.8, 4) is 11.8 Å². The van der Waals surface area contributed by atoms with Crippen molar-refractivity contribution in [1.29, 1.82) is 0 Å². The molecule has 0 radical (unpaired) electrons. The first kappa shape index (κ1) is 13.9. The summed E-state index contributed by atoms with van der Waals surface area (Å²) in [6.45, 7) is 2.83. The van der Waals surface area contributed by atoms with Crippen molar-refractivity contribution in [3.05, 3.63) is 34.9 Å². The van der Waals surface area contributed by atoms with Crippen molar-refractivity contribution < 1.29 is 9.53 Å². The van der Waals surface area contributed by atoms with Gasteiger partial charge in [0.05, 0.1) is 12.1 Å². The summed E-state index contributed by atoms with van der Waals surface area (Å²) in [7, 11) is 0. The lowest BCUT2D eigenvalue weighted by Crippen LogP contribution is -2.50. The van der Waals surface area contributed by atoms with Crippen molar-refractivity contribution in [1.82, 2.24) is 5.32 Å². The van der Waals surface area contributed by atoms with Gasteiger partial charge in [0, 0.05) is 11.6 Å². The Kier molecular flexibility index (Phi) is 4.47. The second-order valence-corrected chi connectivity index (χ2v) is 5.15. The molecule has 1 heterocycles. The van der Waals surface area contributed by atoms with E-state index in [0.29, 0.717) is 18.2 Å². The number of carbonyl (C=O) groups is 1. The first-order valence-electron chi connectivity index (χ1n) is 6.21. The summed E-state index contributed by atoms with van der Waals surface area (Å²) < 4.78 is 5.45. The van der Waals surface area contributed by atoms with E-state index in [9.17, 15) is 4.79 Å². The van der Waals surface area contributed by atoms with Gasteiger partial charge in [-0.3, -0.25) is 4.79 Å². The monoisotopic (exact) mass is 277 g/mol. The Morgan fingerprint density at radius 1 is 1.47 bits per heavy atom. The number of carbonyl (C=O) groups excluding carboxylic acids is 1. The highest BCUT2D eigenvalue weighted by Gasteiger charge is 2.36. The van der Waals surface area contributed by atoms with Gasteiger partial charge in [-0.05, 0) is 43.4 Å². The van der Waals surface area contributed by atoms with Gasteiger partial charge in [-0.15, -0.1) is 0 Å². The standard InChI is InChI=1S/C15H16ClNO2/c1-2-3-14(18)17-15(8-9-19-11-15)10-12-4-6-13(16)7-5-12/h4-7H,8-11H2,1H3,(H,17,18). The molecule has 1 aromatic rings. The molecule has 1 fully saturated rings. The summed E-state index contributed by atoms with van der Waals surface area (Å²) in [6, 6.07) is 7.66. The van der Waals surface area contributed by atoms with Crippen LogP contribution in [0.5, 0.6) is 0 Å². The van der Waals surface area contributed by atoms with E-state index in [1.165, 1.54) is 0 Å². The van der Waals surface area contributed by atoms with Gasteiger partial charge >= 0.3 is 0 Å². The Labute approximate surface area is 118 Å². The Balaban J connectivity index is 2.12. The van der Waals surface area contributed by atoms with Crippen molar-refractivity contribution in [3.63, 3.8) is 0 Å². The second-order valence-electron chi connectivity index (χ2n) is 4.72. The predicted octanol–water partition coefficient (Wildman–Crippen LogP) is 2.18. The first-order chi connectivity index (χ1) is 9.13. The number of benzene rings is 1. The molecule has 1 aliphatic rings. The third-order valence-electron chi connectivity index (χ3n) is 3.18. The largest absolute Gasteiger partial charge is 0.379 e. The average Bonchev–Trinajstić information content (AvgIpc) is 2.81. The van der Waals surface area contributed by atoms with E-state index in [-0.39, 0.29) is 11.4 Å². The van der Waals surface area contributed by atoms with Crippen LogP contribution in [0.1, 0.15) is 18.9 Å². The SMILES string of the molecule is CC#CC(=O)NC1(Cc2ccc(Cl)cc2)CCOC1. The molecule has 2 rings (SSSR count). The highest BCUT2D eigenvalue weighted by atomic mass is 35.5. The van der Waals surface area contributed by atoms with Gasteiger partial charge in [-0.1, -0.05) is 29.7 Å². The summed E-state index contributed by atoms with van der Waals surface area (Å²) in [5, 5.41) is 3.70. The van der Waals surface area contributed by atoms with Crippen LogP contribution in [-0.4, -0.2) is 24.7 Å². The molecular weight excluding hydrogens is 262 g/mol. The van der Waals surface area contributed by atoms with Gasteiger partial charge in [0.2, 0.25) is 0 Å². The van der Waals surface area contributed by atoms with Gasteiger partial charge in [0.25, 0.3) is 5.91 Å². The molecule has 1 aliphatic heterocycles. The van der Waals surface area contributed by atoms with Crippen LogP contribution in [0.25, 0.3) is 0 Å². The minimum absolute atomic E-state index is 0.248. The Morgan fingerprint density at radius 3 is 2.79 bits per heavy atom. The van der Waals surface area contributed by atoms with E-state index in [2.05, 4.69) is 17.2 Å². The summed E-state index contributed by atoms with van der Waals surface area (Å²) >= 11 is 5.88. The molecule has 1 unspecified atom stereocenters. The fraction of sp³-hybridized carbons (Fsp3) is 0.400. The zero-order valence-corrected chi connectivity index (χ0v) is 11.6. The molecule has 1 atom stereocenters. The molecule has 0 aromatic heterocycles. The van der Waals surface area contributed by atoms with Crippen LogP contribution >= 0.6 is 11.6 Å². The normalized spacial score (nSPS) is 21.6. The molecule has 0 spiro atoms. The second kappa shape index (κ2) is 6.10. The highest BCUT2D eigenvalue weighted by molar-refractivity contribution is 6.30. The van der Waals surface area contributed by atoms with Crippen molar-refractivity contribution in [2.24, 2.45) is 0 Å². The van der Waals surface area contributed by atoms with E-state index in [1.807, 2.05) is 24.3 Å². The molecule has 100 valence electrons. The number of hydrogen-bond donors (Lipinski definition) is 1. The molecule has 19 heavy (non-hydrogen) atoms. The molecule has 3 nitrogen and oxygen atoms in total. The molecule has 1 N–H and O–H groups in total. The lowest BCUT2D eigenvalue weighted by atomic mass is 9.90. The maximum atomic E-state index is 11.7. The molecule has 1 aromatic carbocycles. The number of ether oxygens (including phenoxy) is 1. The summed E-state index contributed by atoms with van der Waals surface area (Å²) in [4.78, 5) is 11.7.